The first-order valence-electron chi connectivity index (χ1n) is 19.8. The lowest BCUT2D eigenvalue weighted by Gasteiger charge is -2.30. The average Bonchev–Trinajstić information content (AvgIpc) is 3.39. The van der Waals surface area contributed by atoms with Gasteiger partial charge in [-0.25, -0.2) is 0 Å². The van der Waals surface area contributed by atoms with Crippen molar-refractivity contribution in [1.29, 1.82) is 0 Å². The molecule has 1 heterocycles. The van der Waals surface area contributed by atoms with E-state index in [4.69, 9.17) is 4.74 Å². The number of fused-ring (bicyclic) bond motifs is 9. The molecule has 0 saturated carbocycles. The van der Waals surface area contributed by atoms with Crippen molar-refractivity contribution in [2.75, 3.05) is 4.90 Å². The second-order valence-electron chi connectivity index (χ2n) is 15.7. The van der Waals surface area contributed by atoms with E-state index in [-0.39, 0.29) is 5.41 Å². The summed E-state index contributed by atoms with van der Waals surface area (Å²) < 4.78 is 7.40. The minimum atomic E-state index is -0.160. The molecule has 9 aromatic carbocycles. The molecule has 0 atom stereocenters. The Morgan fingerprint density at radius 1 is 0.386 bits per heavy atom. The SMILES string of the molecule is CC1(C)c2ccccc2-c2ccc(N(c3cccc(-c4ccccc4)c3)c3cccc4c3Oc3cc5ccccc5cc3-c3cccc(-c5ccccc5)c3-4)cc21. The fraction of sp³-hybridized carbons (Fsp3) is 0.0545. The second-order valence-corrected chi connectivity index (χ2v) is 15.7. The molecule has 2 nitrogen and oxygen atoms in total. The van der Waals surface area contributed by atoms with E-state index >= 15 is 0 Å². The van der Waals surface area contributed by atoms with Gasteiger partial charge in [0.2, 0.25) is 0 Å². The van der Waals surface area contributed by atoms with Crippen LogP contribution < -0.4 is 9.64 Å². The van der Waals surface area contributed by atoms with Crippen LogP contribution in [0.25, 0.3) is 66.4 Å². The largest absolute Gasteiger partial charge is 0.454 e. The van der Waals surface area contributed by atoms with Crippen LogP contribution in [0.15, 0.2) is 200 Å². The normalized spacial score (nSPS) is 13.0. The van der Waals surface area contributed by atoms with Gasteiger partial charge < -0.3 is 9.64 Å². The van der Waals surface area contributed by atoms with Gasteiger partial charge in [0.05, 0.1) is 5.69 Å². The van der Waals surface area contributed by atoms with Gasteiger partial charge >= 0.3 is 0 Å². The fourth-order valence-electron chi connectivity index (χ4n) is 9.27. The first kappa shape index (κ1) is 33.2. The molecule has 2 heteroatoms. The Balaban J connectivity index is 1.20. The van der Waals surface area contributed by atoms with E-state index in [0.29, 0.717) is 0 Å². The van der Waals surface area contributed by atoms with Crippen molar-refractivity contribution in [3.63, 3.8) is 0 Å². The van der Waals surface area contributed by atoms with Gasteiger partial charge in [0.15, 0.2) is 5.75 Å². The van der Waals surface area contributed by atoms with Crippen LogP contribution in [0.4, 0.5) is 17.1 Å². The van der Waals surface area contributed by atoms with Crippen LogP contribution in [0.5, 0.6) is 11.5 Å². The first-order valence-corrected chi connectivity index (χ1v) is 19.8. The zero-order valence-electron chi connectivity index (χ0n) is 31.9. The molecule has 270 valence electrons. The third-order valence-corrected chi connectivity index (χ3v) is 12.0. The van der Waals surface area contributed by atoms with Crippen molar-refractivity contribution >= 4 is 27.8 Å². The number of rotatable bonds is 5. The summed E-state index contributed by atoms with van der Waals surface area (Å²) >= 11 is 0. The Hall–Kier alpha value is -7.16. The lowest BCUT2D eigenvalue weighted by molar-refractivity contribution is 0.489. The summed E-state index contributed by atoms with van der Waals surface area (Å²) in [5.74, 6) is 1.67. The minimum absolute atomic E-state index is 0.160. The van der Waals surface area contributed by atoms with Gasteiger partial charge in [0.25, 0.3) is 0 Å². The summed E-state index contributed by atoms with van der Waals surface area (Å²) in [5, 5.41) is 2.33. The maximum atomic E-state index is 7.40. The predicted molar refractivity (Wildman–Crippen MR) is 238 cm³/mol. The Bertz CT molecular complexity index is 3020. The average molecular weight is 730 g/mol. The number of anilines is 3. The van der Waals surface area contributed by atoms with Crippen LogP contribution in [0.3, 0.4) is 0 Å². The Morgan fingerprint density at radius 2 is 0.982 bits per heavy atom. The van der Waals surface area contributed by atoms with Crippen LogP contribution in [0.1, 0.15) is 25.0 Å². The molecule has 0 aromatic heterocycles. The number of benzene rings is 9. The van der Waals surface area contributed by atoms with E-state index in [1.807, 2.05) is 0 Å². The molecule has 0 unspecified atom stereocenters. The quantitative estimate of drug-likeness (QED) is 0.175. The second kappa shape index (κ2) is 13.0. The van der Waals surface area contributed by atoms with Crippen molar-refractivity contribution in [1.82, 2.24) is 0 Å². The minimum Gasteiger partial charge on any atom is -0.454 e. The van der Waals surface area contributed by atoms with E-state index in [2.05, 4.69) is 219 Å². The predicted octanol–water partition coefficient (Wildman–Crippen LogP) is 15.4. The van der Waals surface area contributed by atoms with Crippen LogP contribution in [-0.2, 0) is 5.41 Å². The Labute approximate surface area is 333 Å². The summed E-state index contributed by atoms with van der Waals surface area (Å²) in [5.41, 5.74) is 17.4. The van der Waals surface area contributed by atoms with Gasteiger partial charge in [0.1, 0.15) is 5.75 Å². The highest BCUT2D eigenvalue weighted by atomic mass is 16.5. The van der Waals surface area contributed by atoms with Crippen LogP contribution in [-0.4, -0.2) is 0 Å². The molecule has 1 aliphatic heterocycles. The Kier molecular flexibility index (Phi) is 7.55. The monoisotopic (exact) mass is 729 g/mol. The summed E-state index contributed by atoms with van der Waals surface area (Å²) in [7, 11) is 0. The van der Waals surface area contributed by atoms with E-state index < -0.39 is 0 Å². The van der Waals surface area contributed by atoms with Gasteiger partial charge in [0, 0.05) is 33.5 Å². The van der Waals surface area contributed by atoms with Crippen molar-refractivity contribution in [3.8, 4) is 67.1 Å². The standard InChI is InChI=1S/C55H39NO/c1-55(2)49-28-12-11-24-44(49)45-31-30-42(35-50(45)55)56(41-23-13-22-38(32-41)36-16-5-3-6-17-36)51-29-15-27-47-53-43(37-18-7-4-8-19-37)25-14-26-46(53)48-33-39-20-9-10-21-40(39)34-52(48)57-54(47)51/h3-35H,1-2H3. The zero-order chi connectivity index (χ0) is 38.1. The first-order chi connectivity index (χ1) is 28.0. The van der Waals surface area contributed by atoms with Crippen LogP contribution >= 0.6 is 0 Å². The lowest BCUT2D eigenvalue weighted by atomic mass is 9.82. The molecule has 9 aromatic rings. The van der Waals surface area contributed by atoms with Gasteiger partial charge in [-0.05, 0) is 103 Å². The molecule has 11 rings (SSSR count). The maximum Gasteiger partial charge on any atom is 0.159 e. The molecule has 2 aliphatic rings. The highest BCUT2D eigenvalue weighted by Gasteiger charge is 2.36. The van der Waals surface area contributed by atoms with E-state index in [0.717, 1.165) is 61.8 Å². The van der Waals surface area contributed by atoms with Crippen molar-refractivity contribution in [2.24, 2.45) is 0 Å². The fourth-order valence-corrected chi connectivity index (χ4v) is 9.27. The maximum absolute atomic E-state index is 7.40. The molecule has 57 heavy (non-hydrogen) atoms. The zero-order valence-corrected chi connectivity index (χ0v) is 31.9. The van der Waals surface area contributed by atoms with Gasteiger partial charge in [-0.15, -0.1) is 0 Å². The number of ether oxygens (including phenoxy) is 1. The number of hydrogen-bond donors (Lipinski definition) is 0. The third kappa shape index (κ3) is 5.33. The lowest BCUT2D eigenvalue weighted by Crippen LogP contribution is -2.17. The molecule has 0 fully saturated rings. The van der Waals surface area contributed by atoms with Crippen molar-refractivity contribution < 1.29 is 4.74 Å². The molecule has 0 saturated heterocycles. The molecule has 1 aliphatic carbocycles. The highest BCUT2D eigenvalue weighted by molar-refractivity contribution is 6.04. The van der Waals surface area contributed by atoms with E-state index in [9.17, 15) is 0 Å². The topological polar surface area (TPSA) is 12.5 Å². The summed E-state index contributed by atoms with van der Waals surface area (Å²) in [6, 6.07) is 72.6. The van der Waals surface area contributed by atoms with E-state index in [1.54, 1.807) is 0 Å². The van der Waals surface area contributed by atoms with Crippen molar-refractivity contribution in [2.45, 2.75) is 19.3 Å². The summed E-state index contributed by atoms with van der Waals surface area (Å²) in [4.78, 5) is 2.40. The molecular weight excluding hydrogens is 691 g/mol. The van der Waals surface area contributed by atoms with Gasteiger partial charge in [-0.3, -0.25) is 0 Å². The highest BCUT2D eigenvalue weighted by Crippen LogP contribution is 2.56. The summed E-state index contributed by atoms with van der Waals surface area (Å²) in [6.45, 7) is 4.70. The molecular formula is C55H39NO. The van der Waals surface area contributed by atoms with E-state index in [1.165, 1.54) is 44.3 Å². The van der Waals surface area contributed by atoms with Gasteiger partial charge in [-0.2, -0.15) is 0 Å². The molecule has 0 N–H and O–H groups in total. The number of para-hydroxylation sites is 1. The number of hydrogen-bond acceptors (Lipinski definition) is 2. The van der Waals surface area contributed by atoms with Gasteiger partial charge in [-0.1, -0.05) is 172 Å². The number of nitrogens with zero attached hydrogens (tertiary/aromatic N) is 1. The third-order valence-electron chi connectivity index (χ3n) is 12.0. The Morgan fingerprint density at radius 3 is 1.81 bits per heavy atom. The van der Waals surface area contributed by atoms with Crippen LogP contribution in [0.2, 0.25) is 0 Å². The van der Waals surface area contributed by atoms with Crippen LogP contribution in [0, 0.1) is 0 Å². The summed E-state index contributed by atoms with van der Waals surface area (Å²) in [6.07, 6.45) is 0. The van der Waals surface area contributed by atoms with Crippen molar-refractivity contribution in [3.05, 3.63) is 211 Å². The smallest absolute Gasteiger partial charge is 0.159 e. The molecule has 0 spiro atoms. The molecule has 0 bridgehead atoms. The molecule has 0 radical (unpaired) electrons. The molecule has 0 amide bonds.